The molecule has 0 aliphatic heterocycles. The van der Waals surface area contributed by atoms with Gasteiger partial charge in [0.2, 0.25) is 0 Å². The molecule has 0 heterocycles. The number of hydrogen-bond donors (Lipinski definition) is 1. The van der Waals surface area contributed by atoms with E-state index in [2.05, 4.69) is 5.32 Å². The number of carbonyl (C=O) groups is 1. The van der Waals surface area contributed by atoms with Gasteiger partial charge in [-0.25, -0.2) is 4.39 Å². The van der Waals surface area contributed by atoms with E-state index in [0.717, 1.165) is 18.5 Å². The molecule has 0 spiro atoms. The van der Waals surface area contributed by atoms with Crippen molar-refractivity contribution in [1.29, 1.82) is 0 Å². The highest BCUT2D eigenvalue weighted by atomic mass is 19.1. The quantitative estimate of drug-likeness (QED) is 0.583. The largest absolute Gasteiger partial charge is 0.466 e. The number of carbonyl (C=O) groups excluding carboxylic acids is 1. The van der Waals surface area contributed by atoms with E-state index in [-0.39, 0.29) is 11.8 Å². The van der Waals surface area contributed by atoms with E-state index >= 15 is 0 Å². The first-order chi connectivity index (χ1) is 8.22. The first-order valence-corrected chi connectivity index (χ1v) is 5.83. The van der Waals surface area contributed by atoms with Crippen molar-refractivity contribution in [2.24, 2.45) is 0 Å². The minimum atomic E-state index is -0.218. The molecule has 0 bridgehead atoms. The summed E-state index contributed by atoms with van der Waals surface area (Å²) in [6.45, 7) is 3.60. The van der Waals surface area contributed by atoms with Crippen molar-refractivity contribution < 1.29 is 13.9 Å². The molecule has 0 aromatic heterocycles. The predicted octanol–water partition coefficient (Wildman–Crippen LogP) is 1.91. The highest BCUT2D eigenvalue weighted by molar-refractivity contribution is 5.69. The lowest BCUT2D eigenvalue weighted by Crippen LogP contribution is -2.21. The zero-order chi connectivity index (χ0) is 12.5. The van der Waals surface area contributed by atoms with E-state index in [1.54, 1.807) is 19.1 Å². The third-order valence-corrected chi connectivity index (χ3v) is 2.31. The number of halogens is 1. The van der Waals surface area contributed by atoms with Crippen LogP contribution in [0, 0.1) is 5.82 Å². The molecule has 1 rings (SSSR count). The second-order valence-corrected chi connectivity index (χ2v) is 3.68. The van der Waals surface area contributed by atoms with Gasteiger partial charge in [0.25, 0.3) is 0 Å². The molecule has 0 aliphatic rings. The SMILES string of the molecule is CCOC(=O)CCNCCc1ccc(F)cc1. The highest BCUT2D eigenvalue weighted by Gasteiger charge is 2.00. The number of esters is 1. The van der Waals surface area contributed by atoms with Crippen molar-refractivity contribution in [3.63, 3.8) is 0 Å². The monoisotopic (exact) mass is 239 g/mol. The molecule has 0 fully saturated rings. The molecule has 0 amide bonds. The average molecular weight is 239 g/mol. The number of hydrogen-bond acceptors (Lipinski definition) is 3. The molecule has 4 heteroatoms. The van der Waals surface area contributed by atoms with Crippen LogP contribution < -0.4 is 5.32 Å². The minimum Gasteiger partial charge on any atom is -0.466 e. The number of benzene rings is 1. The van der Waals surface area contributed by atoms with Gasteiger partial charge in [-0.05, 0) is 37.6 Å². The van der Waals surface area contributed by atoms with Crippen molar-refractivity contribution in [2.75, 3.05) is 19.7 Å². The van der Waals surface area contributed by atoms with Crippen LogP contribution in [0.15, 0.2) is 24.3 Å². The van der Waals surface area contributed by atoms with E-state index in [0.29, 0.717) is 19.6 Å². The minimum absolute atomic E-state index is 0.179. The Morgan fingerprint density at radius 1 is 1.29 bits per heavy atom. The van der Waals surface area contributed by atoms with Gasteiger partial charge in [0.05, 0.1) is 13.0 Å². The molecular weight excluding hydrogens is 221 g/mol. The predicted molar refractivity (Wildman–Crippen MR) is 64.2 cm³/mol. The molecule has 0 saturated carbocycles. The number of rotatable bonds is 7. The summed E-state index contributed by atoms with van der Waals surface area (Å²) in [7, 11) is 0. The second-order valence-electron chi connectivity index (χ2n) is 3.68. The fourth-order valence-electron chi connectivity index (χ4n) is 1.43. The number of ether oxygens (including phenoxy) is 1. The maximum atomic E-state index is 12.6. The summed E-state index contributed by atoms with van der Waals surface area (Å²) in [5.74, 6) is -0.397. The molecular formula is C13H18FNO2. The number of nitrogens with one attached hydrogen (secondary N) is 1. The molecule has 0 aliphatic carbocycles. The van der Waals surface area contributed by atoms with E-state index < -0.39 is 0 Å². The second kappa shape index (κ2) is 7.79. The zero-order valence-corrected chi connectivity index (χ0v) is 10.0. The van der Waals surface area contributed by atoms with Crippen LogP contribution in [0.3, 0.4) is 0 Å². The summed E-state index contributed by atoms with van der Waals surface area (Å²) in [6, 6.07) is 6.44. The van der Waals surface area contributed by atoms with Crippen molar-refractivity contribution in [1.82, 2.24) is 5.32 Å². The van der Waals surface area contributed by atoms with Gasteiger partial charge in [0.1, 0.15) is 5.82 Å². The van der Waals surface area contributed by atoms with Crippen molar-refractivity contribution >= 4 is 5.97 Å². The first-order valence-electron chi connectivity index (χ1n) is 5.83. The van der Waals surface area contributed by atoms with Crippen LogP contribution in [0.1, 0.15) is 18.9 Å². The highest BCUT2D eigenvalue weighted by Crippen LogP contribution is 2.02. The van der Waals surface area contributed by atoms with Crippen molar-refractivity contribution in [3.8, 4) is 0 Å². The Bertz CT molecular complexity index is 338. The smallest absolute Gasteiger partial charge is 0.307 e. The molecule has 94 valence electrons. The Kier molecular flexibility index (Phi) is 6.25. The van der Waals surface area contributed by atoms with Crippen LogP contribution in [0.2, 0.25) is 0 Å². The summed E-state index contributed by atoms with van der Waals surface area (Å²) < 4.78 is 17.4. The van der Waals surface area contributed by atoms with Gasteiger partial charge >= 0.3 is 5.97 Å². The van der Waals surface area contributed by atoms with Crippen LogP contribution >= 0.6 is 0 Å². The maximum absolute atomic E-state index is 12.6. The van der Waals surface area contributed by atoms with Crippen LogP contribution in [0.25, 0.3) is 0 Å². The van der Waals surface area contributed by atoms with Crippen molar-refractivity contribution in [2.45, 2.75) is 19.8 Å². The van der Waals surface area contributed by atoms with E-state index in [9.17, 15) is 9.18 Å². The Morgan fingerprint density at radius 3 is 2.65 bits per heavy atom. The summed E-state index contributed by atoms with van der Waals surface area (Å²) in [6.07, 6.45) is 1.21. The molecule has 17 heavy (non-hydrogen) atoms. The van der Waals surface area contributed by atoms with Gasteiger partial charge in [-0.3, -0.25) is 4.79 Å². The average Bonchev–Trinajstić information content (AvgIpc) is 2.31. The lowest BCUT2D eigenvalue weighted by atomic mass is 10.1. The molecule has 3 nitrogen and oxygen atoms in total. The fourth-order valence-corrected chi connectivity index (χ4v) is 1.43. The summed E-state index contributed by atoms with van der Waals surface area (Å²) in [5, 5.41) is 3.14. The Morgan fingerprint density at radius 2 is 2.00 bits per heavy atom. The van der Waals surface area contributed by atoms with Crippen LogP contribution in [0.4, 0.5) is 4.39 Å². The molecule has 1 aromatic rings. The van der Waals surface area contributed by atoms with Gasteiger partial charge in [-0.1, -0.05) is 12.1 Å². The van der Waals surface area contributed by atoms with E-state index in [4.69, 9.17) is 4.74 Å². The lowest BCUT2D eigenvalue weighted by Gasteiger charge is -2.05. The fraction of sp³-hybridized carbons (Fsp3) is 0.462. The standard InChI is InChI=1S/C13H18FNO2/c1-2-17-13(16)8-10-15-9-7-11-3-5-12(14)6-4-11/h3-6,15H,2,7-10H2,1H3. The third kappa shape index (κ3) is 6.02. The van der Waals surface area contributed by atoms with Crippen LogP contribution in [0.5, 0.6) is 0 Å². The van der Waals surface area contributed by atoms with Gasteiger partial charge in [0.15, 0.2) is 0 Å². The van der Waals surface area contributed by atoms with E-state index in [1.807, 2.05) is 0 Å². The molecule has 1 N–H and O–H groups in total. The first kappa shape index (κ1) is 13.6. The van der Waals surface area contributed by atoms with E-state index in [1.165, 1.54) is 12.1 Å². The van der Waals surface area contributed by atoms with Crippen LogP contribution in [-0.2, 0) is 16.0 Å². The Labute approximate surface area is 101 Å². The molecule has 0 atom stereocenters. The Hall–Kier alpha value is -1.42. The topological polar surface area (TPSA) is 38.3 Å². The molecule has 1 aromatic carbocycles. The van der Waals surface area contributed by atoms with Crippen molar-refractivity contribution in [3.05, 3.63) is 35.6 Å². The third-order valence-electron chi connectivity index (χ3n) is 2.31. The molecule has 0 unspecified atom stereocenters. The maximum Gasteiger partial charge on any atom is 0.307 e. The van der Waals surface area contributed by atoms with Gasteiger partial charge in [-0.15, -0.1) is 0 Å². The van der Waals surface area contributed by atoms with Gasteiger partial charge in [0, 0.05) is 6.54 Å². The summed E-state index contributed by atoms with van der Waals surface area (Å²) in [4.78, 5) is 11.0. The summed E-state index contributed by atoms with van der Waals surface area (Å²) in [5.41, 5.74) is 1.08. The summed E-state index contributed by atoms with van der Waals surface area (Å²) >= 11 is 0. The lowest BCUT2D eigenvalue weighted by molar-refractivity contribution is -0.142. The normalized spacial score (nSPS) is 10.2. The molecule has 0 saturated heterocycles. The zero-order valence-electron chi connectivity index (χ0n) is 10.0. The Balaban J connectivity index is 2.08. The van der Waals surface area contributed by atoms with Gasteiger partial charge in [-0.2, -0.15) is 0 Å². The molecule has 0 radical (unpaired) electrons. The van der Waals surface area contributed by atoms with Crippen LogP contribution in [-0.4, -0.2) is 25.7 Å². The van der Waals surface area contributed by atoms with Gasteiger partial charge < -0.3 is 10.1 Å².